The summed E-state index contributed by atoms with van der Waals surface area (Å²) in [4.78, 5) is 17.7. The first kappa shape index (κ1) is 14.5. The topological polar surface area (TPSA) is 62.2 Å². The van der Waals surface area contributed by atoms with Gasteiger partial charge in [-0.25, -0.2) is 4.98 Å². The summed E-state index contributed by atoms with van der Waals surface area (Å²) in [5.41, 5.74) is 2.29. The summed E-state index contributed by atoms with van der Waals surface area (Å²) >= 11 is 1.60. The monoisotopic (exact) mass is 290 g/mol. The van der Waals surface area contributed by atoms with E-state index < -0.39 is 0 Å². The van der Waals surface area contributed by atoms with Crippen LogP contribution in [0.25, 0.3) is 0 Å². The predicted molar refractivity (Wildman–Crippen MR) is 80.3 cm³/mol. The summed E-state index contributed by atoms with van der Waals surface area (Å²) in [5, 5.41) is 13.4. The maximum Gasteiger partial charge on any atom is 0.252 e. The van der Waals surface area contributed by atoms with Gasteiger partial charge in [-0.05, 0) is 51.5 Å². The van der Waals surface area contributed by atoms with E-state index in [9.17, 15) is 9.90 Å². The van der Waals surface area contributed by atoms with Crippen molar-refractivity contribution in [2.45, 2.75) is 33.7 Å². The van der Waals surface area contributed by atoms with Gasteiger partial charge in [0.15, 0.2) is 0 Å². The number of benzene rings is 1. The number of carbonyl (C=O) groups is 1. The zero-order valence-electron chi connectivity index (χ0n) is 12.0. The van der Waals surface area contributed by atoms with Crippen molar-refractivity contribution in [3.63, 3.8) is 0 Å². The van der Waals surface area contributed by atoms with E-state index in [2.05, 4.69) is 10.3 Å². The molecule has 0 fully saturated rings. The van der Waals surface area contributed by atoms with Crippen LogP contribution in [-0.4, -0.2) is 16.0 Å². The number of aryl methyl sites for hydroxylation is 3. The van der Waals surface area contributed by atoms with Crippen LogP contribution in [0, 0.1) is 20.8 Å². The smallest absolute Gasteiger partial charge is 0.252 e. The quantitative estimate of drug-likeness (QED) is 0.912. The number of aromatic hydroxyl groups is 1. The highest BCUT2D eigenvalue weighted by atomic mass is 32.1. The van der Waals surface area contributed by atoms with Crippen LogP contribution in [0.2, 0.25) is 0 Å². The molecule has 0 saturated heterocycles. The number of aromatic nitrogens is 1. The normalized spacial score (nSPS) is 12.2. The standard InChI is InChI=1S/C15H18N2O2S/c1-8-7-12(18)5-6-13(8)15(19)17-10(3)14-9(2)16-11(4)20-14/h5-7,10,18H,1-4H3,(H,17,19). The van der Waals surface area contributed by atoms with Crippen molar-refractivity contribution in [2.24, 2.45) is 0 Å². The number of nitrogens with one attached hydrogen (secondary N) is 1. The third-order valence-electron chi connectivity index (χ3n) is 3.13. The van der Waals surface area contributed by atoms with E-state index in [1.54, 1.807) is 30.4 Å². The predicted octanol–water partition coefficient (Wildman–Crippen LogP) is 3.26. The Morgan fingerprint density at radius 2 is 2.05 bits per heavy atom. The first-order chi connectivity index (χ1) is 9.38. The molecule has 4 nitrogen and oxygen atoms in total. The minimum absolute atomic E-state index is 0.0816. The minimum Gasteiger partial charge on any atom is -0.508 e. The van der Waals surface area contributed by atoms with Crippen LogP contribution in [0.5, 0.6) is 5.75 Å². The van der Waals surface area contributed by atoms with E-state index in [-0.39, 0.29) is 17.7 Å². The Kier molecular flexibility index (Phi) is 4.09. The Labute approximate surface area is 122 Å². The molecule has 2 aromatic rings. The molecule has 0 spiro atoms. The van der Waals surface area contributed by atoms with Crippen molar-refractivity contribution in [1.82, 2.24) is 10.3 Å². The number of phenolic OH excluding ortho intramolecular Hbond substituents is 1. The number of phenols is 1. The molecule has 1 unspecified atom stereocenters. The molecule has 1 aromatic carbocycles. The summed E-state index contributed by atoms with van der Waals surface area (Å²) in [5.74, 6) is 0.0291. The van der Waals surface area contributed by atoms with Gasteiger partial charge >= 0.3 is 0 Å². The van der Waals surface area contributed by atoms with Crippen LogP contribution in [-0.2, 0) is 0 Å². The molecule has 0 radical (unpaired) electrons. The highest BCUT2D eigenvalue weighted by Crippen LogP contribution is 2.25. The highest BCUT2D eigenvalue weighted by molar-refractivity contribution is 7.11. The molecular weight excluding hydrogens is 272 g/mol. The van der Waals surface area contributed by atoms with E-state index >= 15 is 0 Å². The van der Waals surface area contributed by atoms with Crippen molar-refractivity contribution >= 4 is 17.2 Å². The Bertz CT molecular complexity index is 649. The molecule has 106 valence electrons. The minimum atomic E-state index is -0.138. The molecule has 2 N–H and O–H groups in total. The van der Waals surface area contributed by atoms with Gasteiger partial charge in [-0.2, -0.15) is 0 Å². The fourth-order valence-corrected chi connectivity index (χ4v) is 3.12. The Balaban J connectivity index is 2.17. The number of hydrogen-bond acceptors (Lipinski definition) is 4. The summed E-state index contributed by atoms with van der Waals surface area (Å²) in [7, 11) is 0. The lowest BCUT2D eigenvalue weighted by molar-refractivity contribution is 0.0940. The molecule has 0 aliphatic rings. The van der Waals surface area contributed by atoms with E-state index in [4.69, 9.17) is 0 Å². The van der Waals surface area contributed by atoms with Crippen LogP contribution in [0.1, 0.15) is 44.5 Å². The van der Waals surface area contributed by atoms with Crippen molar-refractivity contribution in [3.8, 4) is 5.75 Å². The lowest BCUT2D eigenvalue weighted by Crippen LogP contribution is -2.27. The molecule has 5 heteroatoms. The molecule has 1 heterocycles. The highest BCUT2D eigenvalue weighted by Gasteiger charge is 2.17. The zero-order chi connectivity index (χ0) is 14.9. The molecule has 1 atom stereocenters. The van der Waals surface area contributed by atoms with Crippen LogP contribution >= 0.6 is 11.3 Å². The van der Waals surface area contributed by atoms with Crippen molar-refractivity contribution in [2.75, 3.05) is 0 Å². The molecule has 0 aliphatic heterocycles. The summed E-state index contributed by atoms with van der Waals surface area (Å²) in [6.07, 6.45) is 0. The number of rotatable bonds is 3. The number of hydrogen-bond donors (Lipinski definition) is 2. The van der Waals surface area contributed by atoms with Gasteiger partial charge in [0.1, 0.15) is 5.75 Å². The molecule has 2 rings (SSSR count). The largest absolute Gasteiger partial charge is 0.508 e. The third kappa shape index (κ3) is 2.99. The first-order valence-corrected chi connectivity index (χ1v) is 7.24. The number of nitrogens with zero attached hydrogens (tertiary/aromatic N) is 1. The third-order valence-corrected chi connectivity index (χ3v) is 4.39. The summed E-state index contributed by atoms with van der Waals surface area (Å²) in [6.45, 7) is 7.67. The van der Waals surface area contributed by atoms with Gasteiger partial charge in [-0.3, -0.25) is 4.79 Å². The number of carbonyl (C=O) groups excluding carboxylic acids is 1. The van der Waals surface area contributed by atoms with Gasteiger partial charge in [0.2, 0.25) is 0 Å². The second kappa shape index (κ2) is 5.63. The maximum atomic E-state index is 12.3. The average molecular weight is 290 g/mol. The lowest BCUT2D eigenvalue weighted by atomic mass is 10.1. The van der Waals surface area contributed by atoms with Crippen LogP contribution < -0.4 is 5.32 Å². The molecule has 0 saturated carbocycles. The van der Waals surface area contributed by atoms with E-state index in [1.165, 1.54) is 6.07 Å². The van der Waals surface area contributed by atoms with Crippen molar-refractivity contribution < 1.29 is 9.90 Å². The van der Waals surface area contributed by atoms with Gasteiger partial charge in [0.05, 0.1) is 16.7 Å². The lowest BCUT2D eigenvalue weighted by Gasteiger charge is -2.14. The zero-order valence-corrected chi connectivity index (χ0v) is 12.8. The van der Waals surface area contributed by atoms with Gasteiger partial charge in [-0.1, -0.05) is 0 Å². The van der Waals surface area contributed by atoms with Crippen molar-refractivity contribution in [3.05, 3.63) is 44.9 Å². The number of thiazole rings is 1. The van der Waals surface area contributed by atoms with Crippen molar-refractivity contribution in [1.29, 1.82) is 0 Å². The van der Waals surface area contributed by atoms with Gasteiger partial charge in [0.25, 0.3) is 5.91 Å². The first-order valence-electron chi connectivity index (χ1n) is 6.43. The fraction of sp³-hybridized carbons (Fsp3) is 0.333. The van der Waals surface area contributed by atoms with E-state index in [0.29, 0.717) is 5.56 Å². The number of amides is 1. The van der Waals surface area contributed by atoms with Crippen LogP contribution in [0.15, 0.2) is 18.2 Å². The van der Waals surface area contributed by atoms with Crippen LogP contribution in [0.4, 0.5) is 0 Å². The fourth-order valence-electron chi connectivity index (χ4n) is 2.19. The Morgan fingerprint density at radius 1 is 1.35 bits per heavy atom. The molecule has 0 aliphatic carbocycles. The molecule has 0 bridgehead atoms. The average Bonchev–Trinajstić information content (AvgIpc) is 2.68. The molecular formula is C15H18N2O2S. The van der Waals surface area contributed by atoms with Gasteiger partial charge in [0, 0.05) is 10.4 Å². The van der Waals surface area contributed by atoms with Crippen LogP contribution in [0.3, 0.4) is 0 Å². The summed E-state index contributed by atoms with van der Waals surface area (Å²) < 4.78 is 0. The second-order valence-corrected chi connectivity index (χ2v) is 6.11. The molecule has 1 amide bonds. The van der Waals surface area contributed by atoms with E-state index in [1.807, 2.05) is 20.8 Å². The van der Waals surface area contributed by atoms with E-state index in [0.717, 1.165) is 21.1 Å². The SMILES string of the molecule is Cc1nc(C)c(C(C)NC(=O)c2ccc(O)cc2C)s1. The molecule has 1 aromatic heterocycles. The second-order valence-electron chi connectivity index (χ2n) is 4.88. The Morgan fingerprint density at radius 3 is 2.60 bits per heavy atom. The maximum absolute atomic E-state index is 12.3. The van der Waals surface area contributed by atoms with Gasteiger partial charge in [-0.15, -0.1) is 11.3 Å². The Hall–Kier alpha value is -1.88. The molecule has 20 heavy (non-hydrogen) atoms. The van der Waals surface area contributed by atoms with Gasteiger partial charge < -0.3 is 10.4 Å². The summed E-state index contributed by atoms with van der Waals surface area (Å²) in [6, 6.07) is 4.66.